The highest BCUT2D eigenvalue weighted by molar-refractivity contribution is 6.17. The van der Waals surface area contributed by atoms with Crippen molar-refractivity contribution in [2.75, 3.05) is 16.3 Å². The lowest BCUT2D eigenvalue weighted by molar-refractivity contribution is 0.762. The molecule has 0 aromatic heterocycles. The van der Waals surface area contributed by atoms with Crippen molar-refractivity contribution in [3.05, 3.63) is 137 Å². The topological polar surface area (TPSA) is 54.1 Å². The third-order valence-electron chi connectivity index (χ3n) is 9.06. The Kier molecular flexibility index (Phi) is 9.75. The van der Waals surface area contributed by atoms with Gasteiger partial charge < -0.3 is 9.80 Å². The normalized spacial score (nSPS) is 12.6. The molecule has 0 atom stereocenters. The van der Waals surface area contributed by atoms with E-state index in [2.05, 4.69) is 115 Å². The second kappa shape index (κ2) is 14.5. The molecule has 4 heteroatoms. The van der Waals surface area contributed by atoms with Crippen molar-refractivity contribution in [2.24, 2.45) is 0 Å². The maximum atomic E-state index is 9.68. The van der Waals surface area contributed by atoms with Gasteiger partial charge in [0.15, 0.2) is 0 Å². The van der Waals surface area contributed by atoms with Crippen LogP contribution in [-0.2, 0) is 19.3 Å². The van der Waals surface area contributed by atoms with Crippen LogP contribution in [0.1, 0.15) is 68.4 Å². The van der Waals surface area contributed by atoms with E-state index in [4.69, 9.17) is 0 Å². The Balaban J connectivity index is 0.000000762. The van der Waals surface area contributed by atoms with Gasteiger partial charge in [-0.3, -0.25) is 0 Å². The summed E-state index contributed by atoms with van der Waals surface area (Å²) in [5.74, 6) is 0. The molecule has 1 aliphatic heterocycles. The molecule has 0 fully saturated rings. The molecule has 0 N–H and O–H groups in total. The minimum absolute atomic E-state index is 0.640. The third-order valence-corrected chi connectivity index (χ3v) is 9.06. The largest absolute Gasteiger partial charge is 0.341 e. The lowest BCUT2D eigenvalue weighted by atomic mass is 9.84. The Hall–Kier alpha value is -5.58. The number of hydrogen-bond acceptors (Lipinski definition) is 4. The number of para-hydroxylation sites is 1. The minimum Gasteiger partial charge on any atom is -0.341 e. The van der Waals surface area contributed by atoms with E-state index in [1.54, 1.807) is 0 Å². The summed E-state index contributed by atoms with van der Waals surface area (Å²) in [4.78, 5) is 4.75. The van der Waals surface area contributed by atoms with Crippen molar-refractivity contribution in [3.8, 4) is 12.1 Å². The first-order valence-electron chi connectivity index (χ1n) is 17.3. The van der Waals surface area contributed by atoms with Crippen molar-refractivity contribution in [3.63, 3.8) is 0 Å². The molecule has 8 rings (SSSR count). The summed E-state index contributed by atoms with van der Waals surface area (Å²) in [6.07, 6.45) is 5.30. The standard InChI is InChI=1S/C39H28N4.C3H8.C2H6/c40-24-26-6-4-10-32(23-26)43(31-8-2-1-3-9-31)37-20-15-29-12-16-33-36(19-14-28-13-17-34(37)39(29)38(28)33)42-21-5-7-30-22-27(25-41)11-18-35(30)42;1-3-2;1-2/h1-4,6,8-11,13-15,17-20,22-23H,5,7,12,16,21H2;3H2,1-2H3;1-2H3. The van der Waals surface area contributed by atoms with Crippen LogP contribution in [0, 0.1) is 22.7 Å². The van der Waals surface area contributed by atoms with Crippen LogP contribution < -0.4 is 9.80 Å². The van der Waals surface area contributed by atoms with Crippen LogP contribution >= 0.6 is 0 Å². The zero-order valence-electron chi connectivity index (χ0n) is 28.4. The average molecular weight is 627 g/mol. The Bertz CT molecular complexity index is 2170. The van der Waals surface area contributed by atoms with E-state index in [0.29, 0.717) is 5.56 Å². The van der Waals surface area contributed by atoms with Gasteiger partial charge in [-0.15, -0.1) is 0 Å². The lowest BCUT2D eigenvalue weighted by Gasteiger charge is -2.35. The Morgan fingerprint density at radius 3 is 2.12 bits per heavy atom. The minimum atomic E-state index is 0.640. The first-order chi connectivity index (χ1) is 23.6. The maximum Gasteiger partial charge on any atom is 0.0992 e. The van der Waals surface area contributed by atoms with E-state index in [1.807, 2.05) is 44.2 Å². The number of benzene rings is 6. The summed E-state index contributed by atoms with van der Waals surface area (Å²) in [6, 6.07) is 42.7. The molecule has 6 aromatic carbocycles. The fourth-order valence-electron chi connectivity index (χ4n) is 7.18. The zero-order valence-corrected chi connectivity index (χ0v) is 28.4. The molecule has 238 valence electrons. The number of rotatable bonds is 4. The SMILES string of the molecule is CC.CCC.N#Cc1cccc(N(c2ccccc2)c2ccc3c4c2ccc2ccc(N5CCCc6cc(C#N)ccc65)c(c24)CC3)c1. The monoisotopic (exact) mass is 626 g/mol. The highest BCUT2D eigenvalue weighted by Gasteiger charge is 2.26. The van der Waals surface area contributed by atoms with Gasteiger partial charge >= 0.3 is 0 Å². The summed E-state index contributed by atoms with van der Waals surface area (Å²) in [5.41, 5.74) is 11.0. The first-order valence-corrected chi connectivity index (χ1v) is 17.3. The van der Waals surface area contributed by atoms with Crippen LogP contribution in [0.5, 0.6) is 0 Å². The molecule has 0 unspecified atom stereocenters. The third kappa shape index (κ3) is 5.87. The van der Waals surface area contributed by atoms with Crippen LogP contribution in [0.3, 0.4) is 0 Å². The summed E-state index contributed by atoms with van der Waals surface area (Å²) in [7, 11) is 0. The van der Waals surface area contributed by atoms with E-state index in [0.717, 1.165) is 54.9 Å². The van der Waals surface area contributed by atoms with Gasteiger partial charge in [0.2, 0.25) is 0 Å². The Labute approximate surface area is 285 Å². The number of fused-ring (bicyclic) bond motifs is 1. The predicted octanol–water partition coefficient (Wildman–Crippen LogP) is 11.8. The molecule has 4 nitrogen and oxygen atoms in total. The lowest BCUT2D eigenvalue weighted by Crippen LogP contribution is -2.26. The first kappa shape index (κ1) is 32.4. The molecule has 0 saturated carbocycles. The zero-order chi connectivity index (χ0) is 33.6. The smallest absolute Gasteiger partial charge is 0.0992 e. The fraction of sp³-hybridized carbons (Fsp3) is 0.227. The summed E-state index contributed by atoms with van der Waals surface area (Å²) < 4.78 is 0. The van der Waals surface area contributed by atoms with E-state index in [1.165, 1.54) is 56.0 Å². The van der Waals surface area contributed by atoms with Crippen LogP contribution in [-0.4, -0.2) is 6.54 Å². The number of anilines is 5. The summed E-state index contributed by atoms with van der Waals surface area (Å²) in [6.45, 7) is 9.22. The molecule has 0 amide bonds. The second-order valence-corrected chi connectivity index (χ2v) is 12.1. The van der Waals surface area contributed by atoms with Gasteiger partial charge in [0, 0.05) is 34.7 Å². The molecule has 1 heterocycles. The number of hydrogen-bond donors (Lipinski definition) is 0. The molecule has 0 bridgehead atoms. The number of nitrogens with zero attached hydrogens (tertiary/aromatic N) is 4. The highest BCUT2D eigenvalue weighted by atomic mass is 15.1. The predicted molar refractivity (Wildman–Crippen MR) is 202 cm³/mol. The van der Waals surface area contributed by atoms with Crippen LogP contribution in [0.4, 0.5) is 28.4 Å². The van der Waals surface area contributed by atoms with Crippen LogP contribution in [0.25, 0.3) is 21.5 Å². The molecule has 1 aliphatic carbocycles. The van der Waals surface area contributed by atoms with Crippen molar-refractivity contribution in [1.82, 2.24) is 0 Å². The van der Waals surface area contributed by atoms with E-state index < -0.39 is 0 Å². The van der Waals surface area contributed by atoms with Gasteiger partial charge in [0.05, 0.1) is 29.0 Å². The molecular weight excluding hydrogens is 585 g/mol. The van der Waals surface area contributed by atoms with Gasteiger partial charge in [0.25, 0.3) is 0 Å². The molecule has 6 aromatic rings. The maximum absolute atomic E-state index is 9.68. The highest BCUT2D eigenvalue weighted by Crippen LogP contribution is 2.47. The quantitative estimate of drug-likeness (QED) is 0.183. The van der Waals surface area contributed by atoms with Gasteiger partial charge in [-0.05, 0) is 119 Å². The average Bonchev–Trinajstić information content (AvgIpc) is 3.15. The molecule has 2 aliphatic rings. The van der Waals surface area contributed by atoms with E-state index in [9.17, 15) is 10.5 Å². The van der Waals surface area contributed by atoms with Crippen LogP contribution in [0.2, 0.25) is 0 Å². The van der Waals surface area contributed by atoms with Crippen molar-refractivity contribution >= 4 is 50.0 Å². The van der Waals surface area contributed by atoms with Gasteiger partial charge in [-0.25, -0.2) is 0 Å². The number of nitriles is 2. The summed E-state index contributed by atoms with van der Waals surface area (Å²) >= 11 is 0. The van der Waals surface area contributed by atoms with Crippen molar-refractivity contribution in [2.45, 2.75) is 59.8 Å². The Morgan fingerprint density at radius 2 is 1.35 bits per heavy atom. The van der Waals surface area contributed by atoms with Crippen LogP contribution in [0.15, 0.2) is 109 Å². The van der Waals surface area contributed by atoms with Gasteiger partial charge in [0.1, 0.15) is 0 Å². The van der Waals surface area contributed by atoms with Gasteiger partial charge in [-0.1, -0.05) is 82.6 Å². The molecule has 48 heavy (non-hydrogen) atoms. The van der Waals surface area contributed by atoms with Crippen molar-refractivity contribution in [1.29, 1.82) is 10.5 Å². The second-order valence-electron chi connectivity index (χ2n) is 12.1. The molecule has 0 spiro atoms. The van der Waals surface area contributed by atoms with Crippen molar-refractivity contribution < 1.29 is 0 Å². The van der Waals surface area contributed by atoms with E-state index in [-0.39, 0.29) is 0 Å². The van der Waals surface area contributed by atoms with E-state index >= 15 is 0 Å². The molecule has 0 saturated heterocycles. The Morgan fingerprint density at radius 1 is 0.646 bits per heavy atom. The number of aryl methyl sites for hydroxylation is 3. The molecule has 0 radical (unpaired) electrons. The fourth-order valence-corrected chi connectivity index (χ4v) is 7.18. The summed E-state index contributed by atoms with van der Waals surface area (Å²) in [5, 5.41) is 24.3. The van der Waals surface area contributed by atoms with Gasteiger partial charge in [-0.2, -0.15) is 10.5 Å². The molecular formula is C44H42N4.